The Kier molecular flexibility index (Phi) is 4.20. The Morgan fingerprint density at radius 1 is 1.41 bits per heavy atom. The fraction of sp³-hybridized carbons (Fsp3) is 0.267. The van der Waals surface area contributed by atoms with Crippen LogP contribution in [0, 0.1) is 5.82 Å². The van der Waals surface area contributed by atoms with Crippen LogP contribution in [0.3, 0.4) is 0 Å². The molecule has 0 unspecified atom stereocenters. The number of carbonyl (C=O) groups is 1. The molecule has 0 radical (unpaired) electrons. The zero-order chi connectivity index (χ0) is 15.5. The van der Waals surface area contributed by atoms with Gasteiger partial charge in [0, 0.05) is 25.4 Å². The number of aromatic nitrogens is 2. The molecular weight excluding hydrogens is 309 g/mol. The monoisotopic (exact) mass is 321 g/mol. The Labute approximate surface area is 131 Å². The Morgan fingerprint density at radius 2 is 2.27 bits per heavy atom. The molecule has 0 bridgehead atoms. The molecule has 1 amide bonds. The van der Waals surface area contributed by atoms with Crippen LogP contribution in [0.5, 0.6) is 5.88 Å². The molecule has 7 heteroatoms. The van der Waals surface area contributed by atoms with E-state index in [0.29, 0.717) is 25.4 Å². The highest BCUT2D eigenvalue weighted by Gasteiger charge is 2.30. The third-order valence-corrected chi connectivity index (χ3v) is 3.75. The minimum Gasteiger partial charge on any atom is -0.471 e. The normalized spacial score (nSPS) is 17.5. The van der Waals surface area contributed by atoms with Crippen LogP contribution in [0.4, 0.5) is 4.39 Å². The fourth-order valence-electron chi connectivity index (χ4n) is 2.39. The first-order valence-corrected chi connectivity index (χ1v) is 7.19. The molecule has 0 aliphatic carbocycles. The van der Waals surface area contributed by atoms with Gasteiger partial charge in [-0.25, -0.2) is 9.37 Å². The molecule has 0 N–H and O–H groups in total. The molecule has 0 saturated carbocycles. The van der Waals surface area contributed by atoms with Crippen molar-refractivity contribution in [2.75, 3.05) is 13.1 Å². The summed E-state index contributed by atoms with van der Waals surface area (Å²) in [5.74, 6) is -0.630. The highest BCUT2D eigenvalue weighted by Crippen LogP contribution is 2.24. The third kappa shape index (κ3) is 3.01. The molecule has 1 aliphatic rings. The van der Waals surface area contributed by atoms with Crippen molar-refractivity contribution in [2.45, 2.75) is 12.5 Å². The molecule has 5 nitrogen and oxygen atoms in total. The van der Waals surface area contributed by atoms with E-state index in [0.717, 1.165) is 0 Å². The second kappa shape index (κ2) is 6.27. The van der Waals surface area contributed by atoms with Crippen molar-refractivity contribution in [3.05, 3.63) is 53.2 Å². The first kappa shape index (κ1) is 14.7. The van der Waals surface area contributed by atoms with Crippen LogP contribution in [0.15, 0.2) is 36.8 Å². The third-order valence-electron chi connectivity index (χ3n) is 3.44. The summed E-state index contributed by atoms with van der Waals surface area (Å²) in [6, 6.07) is 4.20. The minimum absolute atomic E-state index is 0.0932. The van der Waals surface area contributed by atoms with Gasteiger partial charge >= 0.3 is 0 Å². The van der Waals surface area contributed by atoms with Crippen molar-refractivity contribution >= 4 is 17.5 Å². The number of rotatable bonds is 3. The molecule has 2 heterocycles. The lowest BCUT2D eigenvalue weighted by Crippen LogP contribution is -2.31. The number of carbonyl (C=O) groups excluding carboxylic acids is 1. The topological polar surface area (TPSA) is 55.3 Å². The summed E-state index contributed by atoms with van der Waals surface area (Å²) >= 11 is 5.93. The van der Waals surface area contributed by atoms with Crippen LogP contribution in [0.25, 0.3) is 0 Å². The molecule has 2 aromatic rings. The predicted octanol–water partition coefficient (Wildman–Crippen LogP) is 2.56. The standard InChI is InChI=1S/C15H13ClFN3O2/c16-11-2-1-3-12(17)14(11)15(21)20-7-4-10(9-20)22-13-8-18-5-6-19-13/h1-3,5-6,8,10H,4,7,9H2/t10-/m1/s1. The van der Waals surface area contributed by atoms with Crippen LogP contribution in [-0.2, 0) is 0 Å². The predicted molar refractivity (Wildman–Crippen MR) is 78.4 cm³/mol. The van der Waals surface area contributed by atoms with Gasteiger partial charge in [0.25, 0.3) is 5.91 Å². The highest BCUT2D eigenvalue weighted by molar-refractivity contribution is 6.33. The van der Waals surface area contributed by atoms with E-state index in [1.165, 1.54) is 35.5 Å². The number of halogens is 2. The van der Waals surface area contributed by atoms with Gasteiger partial charge in [-0.15, -0.1) is 0 Å². The van der Waals surface area contributed by atoms with Crippen LogP contribution in [0.2, 0.25) is 5.02 Å². The molecule has 22 heavy (non-hydrogen) atoms. The number of benzene rings is 1. The molecule has 3 rings (SSSR count). The Morgan fingerprint density at radius 3 is 3.00 bits per heavy atom. The van der Waals surface area contributed by atoms with E-state index in [2.05, 4.69) is 9.97 Å². The quantitative estimate of drug-likeness (QED) is 0.872. The van der Waals surface area contributed by atoms with Gasteiger partial charge in [-0.1, -0.05) is 17.7 Å². The molecule has 1 fully saturated rings. The summed E-state index contributed by atoms with van der Waals surface area (Å²) in [5, 5.41) is 0.114. The van der Waals surface area contributed by atoms with Gasteiger partial charge in [0.1, 0.15) is 11.9 Å². The van der Waals surface area contributed by atoms with Crippen LogP contribution >= 0.6 is 11.6 Å². The van der Waals surface area contributed by atoms with Gasteiger partial charge in [-0.3, -0.25) is 9.78 Å². The van der Waals surface area contributed by atoms with Gasteiger partial charge in [-0.05, 0) is 12.1 Å². The number of hydrogen-bond acceptors (Lipinski definition) is 4. The SMILES string of the molecule is O=C(c1c(F)cccc1Cl)N1CC[C@@H](Oc2cnccn2)C1. The number of nitrogens with zero attached hydrogens (tertiary/aromatic N) is 3. The summed E-state index contributed by atoms with van der Waals surface area (Å²) in [4.78, 5) is 21.9. The largest absolute Gasteiger partial charge is 0.471 e. The van der Waals surface area contributed by atoms with Crippen molar-refractivity contribution in [1.29, 1.82) is 0 Å². The summed E-state index contributed by atoms with van der Waals surface area (Å²) < 4.78 is 19.5. The average molecular weight is 322 g/mol. The average Bonchev–Trinajstić information content (AvgIpc) is 2.96. The Balaban J connectivity index is 1.69. The van der Waals surface area contributed by atoms with Gasteiger partial charge in [0.2, 0.25) is 5.88 Å². The lowest BCUT2D eigenvalue weighted by molar-refractivity contribution is 0.0766. The zero-order valence-corrected chi connectivity index (χ0v) is 12.3. The van der Waals surface area contributed by atoms with E-state index < -0.39 is 11.7 Å². The van der Waals surface area contributed by atoms with Crippen molar-refractivity contribution in [2.24, 2.45) is 0 Å². The molecule has 1 saturated heterocycles. The molecule has 114 valence electrons. The number of ether oxygens (including phenoxy) is 1. The first-order chi connectivity index (χ1) is 10.6. The van der Waals surface area contributed by atoms with E-state index in [1.807, 2.05) is 0 Å². The second-order valence-electron chi connectivity index (χ2n) is 4.92. The maximum absolute atomic E-state index is 13.8. The molecule has 1 aliphatic heterocycles. The minimum atomic E-state index is -0.615. The van der Waals surface area contributed by atoms with Crippen molar-refractivity contribution in [3.63, 3.8) is 0 Å². The van der Waals surface area contributed by atoms with Crippen molar-refractivity contribution in [1.82, 2.24) is 14.9 Å². The summed E-state index contributed by atoms with van der Waals surface area (Å²) in [5.41, 5.74) is -0.0932. The Hall–Kier alpha value is -2.21. The molecule has 1 aromatic carbocycles. The van der Waals surface area contributed by atoms with Crippen LogP contribution in [0.1, 0.15) is 16.8 Å². The maximum Gasteiger partial charge on any atom is 0.258 e. The van der Waals surface area contributed by atoms with Crippen LogP contribution in [-0.4, -0.2) is 40.0 Å². The van der Waals surface area contributed by atoms with Gasteiger partial charge < -0.3 is 9.64 Å². The summed E-state index contributed by atoms with van der Waals surface area (Å²) in [6.07, 6.45) is 5.06. The molecule has 0 spiro atoms. The van der Waals surface area contributed by atoms with Crippen molar-refractivity contribution in [3.8, 4) is 5.88 Å². The summed E-state index contributed by atoms with van der Waals surface area (Å²) in [6.45, 7) is 0.842. The van der Waals surface area contributed by atoms with E-state index in [-0.39, 0.29) is 16.7 Å². The van der Waals surface area contributed by atoms with E-state index in [1.54, 1.807) is 6.20 Å². The molecule has 1 atom stereocenters. The van der Waals surface area contributed by atoms with Gasteiger partial charge in [0.05, 0.1) is 23.3 Å². The van der Waals surface area contributed by atoms with Crippen molar-refractivity contribution < 1.29 is 13.9 Å². The van der Waals surface area contributed by atoms with E-state index >= 15 is 0 Å². The smallest absolute Gasteiger partial charge is 0.258 e. The van der Waals surface area contributed by atoms with Gasteiger partial charge in [0.15, 0.2) is 0 Å². The highest BCUT2D eigenvalue weighted by atomic mass is 35.5. The lowest BCUT2D eigenvalue weighted by Gasteiger charge is -2.18. The summed E-state index contributed by atoms with van der Waals surface area (Å²) in [7, 11) is 0. The van der Waals surface area contributed by atoms with E-state index in [4.69, 9.17) is 16.3 Å². The van der Waals surface area contributed by atoms with E-state index in [9.17, 15) is 9.18 Å². The fourth-order valence-corrected chi connectivity index (χ4v) is 2.63. The zero-order valence-electron chi connectivity index (χ0n) is 11.6. The van der Waals surface area contributed by atoms with Gasteiger partial charge in [-0.2, -0.15) is 0 Å². The first-order valence-electron chi connectivity index (χ1n) is 6.81. The number of amides is 1. The molecule has 1 aromatic heterocycles. The van der Waals surface area contributed by atoms with Crippen LogP contribution < -0.4 is 4.74 Å². The number of likely N-dealkylation sites (tertiary alicyclic amines) is 1. The molecular formula is C15H13ClFN3O2. The second-order valence-corrected chi connectivity index (χ2v) is 5.33. The Bertz CT molecular complexity index is 663. The number of hydrogen-bond donors (Lipinski definition) is 0. The maximum atomic E-state index is 13.8. The lowest BCUT2D eigenvalue weighted by atomic mass is 10.2.